The molecule has 0 saturated carbocycles. The van der Waals surface area contributed by atoms with Crippen LogP contribution in [0.3, 0.4) is 0 Å². The first-order chi connectivity index (χ1) is 15.5. The van der Waals surface area contributed by atoms with Gasteiger partial charge in [0.2, 0.25) is 0 Å². The summed E-state index contributed by atoms with van der Waals surface area (Å²) in [6, 6.07) is 13.0. The van der Waals surface area contributed by atoms with Crippen LogP contribution in [0.5, 0.6) is 0 Å². The van der Waals surface area contributed by atoms with E-state index in [4.69, 9.17) is 4.98 Å². The number of benzene rings is 1. The maximum absolute atomic E-state index is 13.1. The predicted molar refractivity (Wildman–Crippen MR) is 114 cm³/mol. The van der Waals surface area contributed by atoms with E-state index in [-0.39, 0.29) is 0 Å². The maximum atomic E-state index is 13.1. The van der Waals surface area contributed by atoms with Gasteiger partial charge in [-0.15, -0.1) is 0 Å². The molecular formula is C24H20F3N5. The number of alkyl halides is 3. The molecule has 0 saturated heterocycles. The molecule has 0 bridgehead atoms. The minimum atomic E-state index is -4.37. The Bertz CT molecular complexity index is 1230. The molecule has 1 aliphatic heterocycles. The third-order valence-electron chi connectivity index (χ3n) is 5.62. The Balaban J connectivity index is 1.34. The molecule has 4 aromatic rings. The van der Waals surface area contributed by atoms with Crippen molar-refractivity contribution in [1.82, 2.24) is 24.4 Å². The largest absolute Gasteiger partial charge is 0.416 e. The smallest absolute Gasteiger partial charge is 0.320 e. The Morgan fingerprint density at radius 2 is 1.84 bits per heavy atom. The molecular weight excluding hydrogens is 415 g/mol. The highest BCUT2D eigenvalue weighted by Gasteiger charge is 2.30. The van der Waals surface area contributed by atoms with Crippen LogP contribution >= 0.6 is 0 Å². The molecule has 0 radical (unpaired) electrons. The summed E-state index contributed by atoms with van der Waals surface area (Å²) in [6.07, 6.45) is 3.54. The fourth-order valence-electron chi connectivity index (χ4n) is 4.01. The average Bonchev–Trinajstić information content (AvgIpc) is 3.27. The van der Waals surface area contributed by atoms with Crippen molar-refractivity contribution in [1.29, 1.82) is 0 Å². The Kier molecular flexibility index (Phi) is 5.22. The molecule has 5 nitrogen and oxygen atoms in total. The molecule has 0 amide bonds. The zero-order valence-electron chi connectivity index (χ0n) is 17.1. The molecule has 5 rings (SSSR count). The first kappa shape index (κ1) is 20.4. The zero-order chi connectivity index (χ0) is 22.1. The fourth-order valence-corrected chi connectivity index (χ4v) is 4.01. The topological polar surface area (TPSA) is 46.8 Å². The van der Waals surface area contributed by atoms with Crippen molar-refractivity contribution in [3.8, 4) is 17.1 Å². The summed E-state index contributed by atoms with van der Waals surface area (Å²) in [5.74, 6) is 0.693. The van der Waals surface area contributed by atoms with Crippen LogP contribution in [0.1, 0.15) is 22.5 Å². The van der Waals surface area contributed by atoms with Crippen molar-refractivity contribution in [2.24, 2.45) is 0 Å². The normalized spacial score (nSPS) is 14.3. The second-order valence-corrected chi connectivity index (χ2v) is 7.78. The molecule has 0 atom stereocenters. The quantitative estimate of drug-likeness (QED) is 0.457. The molecule has 1 aromatic carbocycles. The number of pyridine rings is 1. The lowest BCUT2D eigenvalue weighted by Gasteiger charge is -2.28. The average molecular weight is 435 g/mol. The van der Waals surface area contributed by atoms with Crippen LogP contribution in [0.4, 0.5) is 13.2 Å². The van der Waals surface area contributed by atoms with E-state index in [1.165, 1.54) is 12.1 Å². The van der Waals surface area contributed by atoms with Crippen LogP contribution in [-0.4, -0.2) is 31.0 Å². The molecule has 0 unspecified atom stereocenters. The standard InChI is InChI=1S/C24H20F3N5/c25-24(26,27)19-3-1-4-20(13-19)32-11-2-5-21(32)16-31-12-8-22-18(15-31)14-29-23(30-22)17-6-9-28-10-7-17/h1-7,9-11,13-14H,8,12,15-16H2. The van der Waals surface area contributed by atoms with E-state index in [9.17, 15) is 13.2 Å². The summed E-state index contributed by atoms with van der Waals surface area (Å²) in [5, 5.41) is 0. The Hall–Kier alpha value is -3.52. The van der Waals surface area contributed by atoms with Crippen LogP contribution in [-0.2, 0) is 25.7 Å². The van der Waals surface area contributed by atoms with Crippen molar-refractivity contribution >= 4 is 0 Å². The van der Waals surface area contributed by atoms with Crippen LogP contribution < -0.4 is 0 Å². The minimum absolute atomic E-state index is 0.502. The summed E-state index contributed by atoms with van der Waals surface area (Å²) in [5.41, 5.74) is 3.83. The van der Waals surface area contributed by atoms with E-state index in [1.807, 2.05) is 35.0 Å². The molecule has 32 heavy (non-hydrogen) atoms. The Morgan fingerprint density at radius 1 is 1.00 bits per heavy atom. The number of hydrogen-bond donors (Lipinski definition) is 0. The van der Waals surface area contributed by atoms with Crippen molar-refractivity contribution in [3.63, 3.8) is 0 Å². The van der Waals surface area contributed by atoms with Gasteiger partial charge in [0, 0.05) is 73.4 Å². The monoisotopic (exact) mass is 435 g/mol. The molecule has 4 heterocycles. The van der Waals surface area contributed by atoms with E-state index in [0.29, 0.717) is 24.6 Å². The Labute approximate surface area is 183 Å². The molecule has 0 N–H and O–H groups in total. The van der Waals surface area contributed by atoms with Gasteiger partial charge in [0.05, 0.1) is 11.3 Å². The van der Waals surface area contributed by atoms with Gasteiger partial charge in [-0.2, -0.15) is 13.2 Å². The number of hydrogen-bond acceptors (Lipinski definition) is 4. The van der Waals surface area contributed by atoms with Crippen LogP contribution in [0.25, 0.3) is 17.1 Å². The van der Waals surface area contributed by atoms with Gasteiger partial charge >= 0.3 is 6.18 Å². The lowest BCUT2D eigenvalue weighted by atomic mass is 10.1. The molecule has 1 aliphatic rings. The highest BCUT2D eigenvalue weighted by Crippen LogP contribution is 2.31. The van der Waals surface area contributed by atoms with E-state index in [2.05, 4.69) is 14.9 Å². The summed E-state index contributed by atoms with van der Waals surface area (Å²) in [7, 11) is 0. The number of nitrogens with zero attached hydrogens (tertiary/aromatic N) is 5. The lowest BCUT2D eigenvalue weighted by molar-refractivity contribution is -0.137. The van der Waals surface area contributed by atoms with Crippen molar-refractivity contribution in [2.75, 3.05) is 6.54 Å². The SMILES string of the molecule is FC(F)(F)c1cccc(-n2cccc2CN2CCc3nc(-c4ccncc4)ncc3C2)c1. The first-order valence-corrected chi connectivity index (χ1v) is 10.3. The lowest BCUT2D eigenvalue weighted by Crippen LogP contribution is -2.31. The predicted octanol–water partition coefficient (Wildman–Crippen LogP) is 4.91. The molecule has 8 heteroatoms. The van der Waals surface area contributed by atoms with Gasteiger partial charge in [0.15, 0.2) is 5.82 Å². The van der Waals surface area contributed by atoms with E-state index in [1.54, 1.807) is 24.7 Å². The van der Waals surface area contributed by atoms with Gasteiger partial charge in [-0.1, -0.05) is 6.07 Å². The molecule has 0 spiro atoms. The van der Waals surface area contributed by atoms with Gasteiger partial charge in [0.1, 0.15) is 0 Å². The summed E-state index contributed by atoms with van der Waals surface area (Å²) in [6.45, 7) is 2.13. The maximum Gasteiger partial charge on any atom is 0.416 e. The third kappa shape index (κ3) is 4.13. The number of aromatic nitrogens is 4. The first-order valence-electron chi connectivity index (χ1n) is 10.3. The second-order valence-electron chi connectivity index (χ2n) is 7.78. The summed E-state index contributed by atoms with van der Waals surface area (Å²) < 4.78 is 41.2. The summed E-state index contributed by atoms with van der Waals surface area (Å²) >= 11 is 0. The molecule has 0 fully saturated rings. The van der Waals surface area contributed by atoms with Gasteiger partial charge in [-0.3, -0.25) is 9.88 Å². The van der Waals surface area contributed by atoms with Crippen molar-refractivity contribution in [3.05, 3.63) is 95.8 Å². The minimum Gasteiger partial charge on any atom is -0.320 e. The van der Waals surface area contributed by atoms with E-state index >= 15 is 0 Å². The van der Waals surface area contributed by atoms with Gasteiger partial charge in [-0.25, -0.2) is 9.97 Å². The molecule has 162 valence electrons. The zero-order valence-corrected chi connectivity index (χ0v) is 17.1. The van der Waals surface area contributed by atoms with E-state index < -0.39 is 11.7 Å². The fraction of sp³-hybridized carbons (Fsp3) is 0.208. The van der Waals surface area contributed by atoms with E-state index in [0.717, 1.165) is 41.5 Å². The van der Waals surface area contributed by atoms with Crippen LogP contribution in [0.15, 0.2) is 73.3 Å². The Morgan fingerprint density at radius 3 is 2.66 bits per heavy atom. The van der Waals surface area contributed by atoms with Crippen LogP contribution in [0.2, 0.25) is 0 Å². The molecule has 3 aromatic heterocycles. The van der Waals surface area contributed by atoms with Crippen molar-refractivity contribution < 1.29 is 13.2 Å². The molecule has 0 aliphatic carbocycles. The van der Waals surface area contributed by atoms with Gasteiger partial charge in [0.25, 0.3) is 0 Å². The highest BCUT2D eigenvalue weighted by atomic mass is 19.4. The van der Waals surface area contributed by atoms with Crippen molar-refractivity contribution in [2.45, 2.75) is 25.7 Å². The highest BCUT2D eigenvalue weighted by molar-refractivity contribution is 5.54. The van der Waals surface area contributed by atoms with Gasteiger partial charge in [-0.05, 0) is 42.5 Å². The number of halogens is 3. The number of rotatable bonds is 4. The van der Waals surface area contributed by atoms with Crippen LogP contribution in [0, 0.1) is 0 Å². The number of fused-ring (bicyclic) bond motifs is 1. The summed E-state index contributed by atoms with van der Waals surface area (Å²) in [4.78, 5) is 15.5. The second kappa shape index (κ2) is 8.20. The van der Waals surface area contributed by atoms with Gasteiger partial charge < -0.3 is 4.57 Å². The third-order valence-corrected chi connectivity index (χ3v) is 5.62.